The third kappa shape index (κ3) is 4.49. The van der Waals surface area contributed by atoms with Crippen LogP contribution in [0, 0.1) is 13.8 Å². The zero-order chi connectivity index (χ0) is 12.8. The number of rotatable bonds is 6. The number of benzene rings is 1. The fraction of sp³-hybridized carbons (Fsp3) is 0.600. The van der Waals surface area contributed by atoms with Gasteiger partial charge >= 0.3 is 0 Å². The lowest BCUT2D eigenvalue weighted by Gasteiger charge is -2.17. The Morgan fingerprint density at radius 3 is 2.24 bits per heavy atom. The smallest absolute Gasteiger partial charge is 0.0802 e. The highest BCUT2D eigenvalue weighted by Gasteiger charge is 2.14. The van der Waals surface area contributed by atoms with Crippen LogP contribution in [-0.4, -0.2) is 22.4 Å². The average molecular weight is 236 g/mol. The Kier molecular flexibility index (Phi) is 5.66. The molecule has 1 aromatic carbocycles. The van der Waals surface area contributed by atoms with Gasteiger partial charge in [-0.1, -0.05) is 31.5 Å². The topological polar surface area (TPSA) is 40.5 Å². The van der Waals surface area contributed by atoms with Crippen molar-refractivity contribution in [2.45, 2.75) is 58.7 Å². The molecule has 0 amide bonds. The first-order valence-electron chi connectivity index (χ1n) is 6.46. The quantitative estimate of drug-likeness (QED) is 0.797. The molecule has 17 heavy (non-hydrogen) atoms. The normalized spacial score (nSPS) is 14.6. The highest BCUT2D eigenvalue weighted by molar-refractivity contribution is 5.29. The minimum atomic E-state index is -0.600. The van der Waals surface area contributed by atoms with E-state index >= 15 is 0 Å². The summed E-state index contributed by atoms with van der Waals surface area (Å²) in [4.78, 5) is 0. The number of hydrogen-bond acceptors (Lipinski definition) is 2. The first-order chi connectivity index (χ1) is 8.04. The van der Waals surface area contributed by atoms with Gasteiger partial charge < -0.3 is 10.2 Å². The average Bonchev–Trinajstić information content (AvgIpc) is 2.30. The molecule has 0 radical (unpaired) electrons. The Bertz CT molecular complexity index is 347. The number of aryl methyl sites for hydroxylation is 3. The maximum absolute atomic E-state index is 9.78. The molecule has 2 atom stereocenters. The van der Waals surface area contributed by atoms with Crippen molar-refractivity contribution < 1.29 is 10.2 Å². The molecule has 0 aliphatic carbocycles. The highest BCUT2D eigenvalue weighted by Crippen LogP contribution is 2.14. The minimum absolute atomic E-state index is 0.577. The van der Waals surface area contributed by atoms with Crippen LogP contribution >= 0.6 is 0 Å². The van der Waals surface area contributed by atoms with Gasteiger partial charge in [-0.25, -0.2) is 0 Å². The summed E-state index contributed by atoms with van der Waals surface area (Å²) in [6.07, 6.45) is 1.85. The largest absolute Gasteiger partial charge is 0.390 e. The van der Waals surface area contributed by atoms with Gasteiger partial charge in [-0.2, -0.15) is 0 Å². The Labute approximate surface area is 104 Å². The number of aliphatic hydroxyl groups is 2. The second-order valence-electron chi connectivity index (χ2n) is 4.88. The van der Waals surface area contributed by atoms with Gasteiger partial charge in [-0.3, -0.25) is 0 Å². The van der Waals surface area contributed by atoms with Gasteiger partial charge in [-0.05, 0) is 49.8 Å². The summed E-state index contributed by atoms with van der Waals surface area (Å²) in [5, 5.41) is 19.4. The Morgan fingerprint density at radius 1 is 1.00 bits per heavy atom. The van der Waals surface area contributed by atoms with Gasteiger partial charge in [0.1, 0.15) is 0 Å². The van der Waals surface area contributed by atoms with E-state index in [0.29, 0.717) is 12.8 Å². The molecular weight excluding hydrogens is 212 g/mol. The van der Waals surface area contributed by atoms with E-state index in [-0.39, 0.29) is 0 Å². The van der Waals surface area contributed by atoms with Crippen LogP contribution in [0.5, 0.6) is 0 Å². The molecule has 0 saturated carbocycles. The lowest BCUT2D eigenvalue weighted by molar-refractivity contribution is 0.00980. The summed E-state index contributed by atoms with van der Waals surface area (Å²) in [5.41, 5.74) is 3.81. The first kappa shape index (κ1) is 14.2. The van der Waals surface area contributed by atoms with Gasteiger partial charge in [0.05, 0.1) is 12.2 Å². The van der Waals surface area contributed by atoms with E-state index in [1.165, 1.54) is 16.7 Å². The van der Waals surface area contributed by atoms with Crippen molar-refractivity contribution in [1.29, 1.82) is 0 Å². The van der Waals surface area contributed by atoms with Gasteiger partial charge in [0.25, 0.3) is 0 Å². The fourth-order valence-electron chi connectivity index (χ4n) is 1.95. The van der Waals surface area contributed by atoms with Crippen molar-refractivity contribution in [3.8, 4) is 0 Å². The summed E-state index contributed by atoms with van der Waals surface area (Å²) >= 11 is 0. The summed E-state index contributed by atoms with van der Waals surface area (Å²) in [7, 11) is 0. The van der Waals surface area contributed by atoms with E-state index in [2.05, 4.69) is 32.0 Å². The van der Waals surface area contributed by atoms with Crippen molar-refractivity contribution in [3.05, 3.63) is 34.9 Å². The molecule has 0 aliphatic heterocycles. The van der Waals surface area contributed by atoms with E-state index in [9.17, 15) is 10.2 Å². The summed E-state index contributed by atoms with van der Waals surface area (Å²) in [6, 6.07) is 6.37. The van der Waals surface area contributed by atoms with Gasteiger partial charge in [0, 0.05) is 0 Å². The SMILES string of the molecule is CCCC(O)C(O)CCc1ccc(C)c(C)c1. The van der Waals surface area contributed by atoms with Crippen molar-refractivity contribution in [2.24, 2.45) is 0 Å². The highest BCUT2D eigenvalue weighted by atomic mass is 16.3. The maximum Gasteiger partial charge on any atom is 0.0802 e. The molecule has 1 rings (SSSR count). The molecule has 0 aromatic heterocycles. The van der Waals surface area contributed by atoms with Crippen LogP contribution in [0.1, 0.15) is 42.9 Å². The predicted octanol–water partition coefficient (Wildman–Crippen LogP) is 2.76. The van der Waals surface area contributed by atoms with Crippen molar-refractivity contribution in [2.75, 3.05) is 0 Å². The molecule has 1 aromatic rings. The second kappa shape index (κ2) is 6.77. The summed E-state index contributed by atoms with van der Waals surface area (Å²) in [6.45, 7) is 6.21. The summed E-state index contributed by atoms with van der Waals surface area (Å²) < 4.78 is 0. The van der Waals surface area contributed by atoms with Gasteiger partial charge in [-0.15, -0.1) is 0 Å². The van der Waals surface area contributed by atoms with Crippen LogP contribution in [0.25, 0.3) is 0 Å². The molecule has 0 heterocycles. The van der Waals surface area contributed by atoms with E-state index in [1.807, 2.05) is 6.92 Å². The first-order valence-corrected chi connectivity index (χ1v) is 6.46. The third-order valence-corrected chi connectivity index (χ3v) is 3.33. The molecule has 2 N–H and O–H groups in total. The Hall–Kier alpha value is -0.860. The predicted molar refractivity (Wildman–Crippen MR) is 71.2 cm³/mol. The monoisotopic (exact) mass is 236 g/mol. The second-order valence-corrected chi connectivity index (χ2v) is 4.88. The molecule has 2 unspecified atom stereocenters. The molecule has 96 valence electrons. The maximum atomic E-state index is 9.78. The molecule has 0 spiro atoms. The molecular formula is C15H24O2. The molecule has 0 bridgehead atoms. The van der Waals surface area contributed by atoms with Gasteiger partial charge in [0.15, 0.2) is 0 Å². The van der Waals surface area contributed by atoms with Crippen LogP contribution in [-0.2, 0) is 6.42 Å². The van der Waals surface area contributed by atoms with E-state index in [0.717, 1.165) is 12.8 Å². The molecule has 0 fully saturated rings. The fourth-order valence-corrected chi connectivity index (χ4v) is 1.95. The van der Waals surface area contributed by atoms with Crippen LogP contribution in [0.3, 0.4) is 0 Å². The van der Waals surface area contributed by atoms with Crippen molar-refractivity contribution >= 4 is 0 Å². The lowest BCUT2D eigenvalue weighted by Crippen LogP contribution is -2.26. The van der Waals surface area contributed by atoms with Crippen LogP contribution in [0.2, 0.25) is 0 Å². The Morgan fingerprint density at radius 2 is 1.65 bits per heavy atom. The van der Waals surface area contributed by atoms with Crippen LogP contribution in [0.15, 0.2) is 18.2 Å². The Balaban J connectivity index is 2.47. The minimum Gasteiger partial charge on any atom is -0.390 e. The van der Waals surface area contributed by atoms with Crippen molar-refractivity contribution in [3.63, 3.8) is 0 Å². The number of aliphatic hydroxyl groups excluding tert-OH is 2. The zero-order valence-electron chi connectivity index (χ0n) is 11.1. The molecule has 2 heteroatoms. The molecule has 0 aliphatic rings. The molecule has 0 saturated heterocycles. The van der Waals surface area contributed by atoms with Crippen LogP contribution < -0.4 is 0 Å². The summed E-state index contributed by atoms with van der Waals surface area (Å²) in [5.74, 6) is 0. The van der Waals surface area contributed by atoms with Crippen molar-refractivity contribution in [1.82, 2.24) is 0 Å². The van der Waals surface area contributed by atoms with Crippen LogP contribution in [0.4, 0.5) is 0 Å². The van der Waals surface area contributed by atoms with E-state index in [1.54, 1.807) is 0 Å². The number of hydrogen-bond donors (Lipinski definition) is 2. The third-order valence-electron chi connectivity index (χ3n) is 3.33. The molecule has 2 nitrogen and oxygen atoms in total. The van der Waals surface area contributed by atoms with E-state index in [4.69, 9.17) is 0 Å². The lowest BCUT2D eigenvalue weighted by atomic mass is 9.99. The van der Waals surface area contributed by atoms with Gasteiger partial charge in [0.2, 0.25) is 0 Å². The zero-order valence-corrected chi connectivity index (χ0v) is 11.1. The standard InChI is InChI=1S/C15H24O2/c1-4-5-14(16)15(17)9-8-13-7-6-11(2)12(3)10-13/h6-7,10,14-17H,4-5,8-9H2,1-3H3. The van der Waals surface area contributed by atoms with E-state index < -0.39 is 12.2 Å².